The van der Waals surface area contributed by atoms with Gasteiger partial charge in [0.05, 0.1) is 16.9 Å². The predicted molar refractivity (Wildman–Crippen MR) is 104 cm³/mol. The van der Waals surface area contributed by atoms with Crippen LogP contribution in [0.3, 0.4) is 0 Å². The second kappa shape index (κ2) is 6.37. The number of nitrogens with one attached hydrogen (secondary N) is 1. The van der Waals surface area contributed by atoms with Crippen LogP contribution in [0.15, 0.2) is 42.5 Å². The average molecular weight is 379 g/mol. The molecule has 2 aromatic carbocycles. The van der Waals surface area contributed by atoms with Gasteiger partial charge < -0.3 is 15.3 Å². The van der Waals surface area contributed by atoms with E-state index < -0.39 is 11.6 Å². The summed E-state index contributed by atoms with van der Waals surface area (Å²) in [7, 11) is 0. The number of aryl methyl sites for hydroxylation is 1. The SMILES string of the molecule is Cc1ccc(O)c(NC(=O)CN2C(=O)c3ccccc3N3C(=O)CCC23C)c1. The molecule has 0 bridgehead atoms. The van der Waals surface area contributed by atoms with Crippen LogP contribution in [0.2, 0.25) is 0 Å². The van der Waals surface area contributed by atoms with Crippen molar-refractivity contribution in [2.45, 2.75) is 32.4 Å². The van der Waals surface area contributed by atoms with Crippen molar-refractivity contribution in [3.63, 3.8) is 0 Å². The molecule has 4 rings (SSSR count). The summed E-state index contributed by atoms with van der Waals surface area (Å²) in [4.78, 5) is 41.4. The van der Waals surface area contributed by atoms with E-state index in [0.717, 1.165) is 5.56 Å². The lowest BCUT2D eigenvalue weighted by Gasteiger charge is -2.48. The fourth-order valence-corrected chi connectivity index (χ4v) is 4.02. The number of amides is 3. The van der Waals surface area contributed by atoms with Gasteiger partial charge in [-0.1, -0.05) is 18.2 Å². The Kier molecular flexibility index (Phi) is 4.10. The number of para-hydroxylation sites is 1. The van der Waals surface area contributed by atoms with Gasteiger partial charge in [-0.05, 0) is 50.1 Å². The van der Waals surface area contributed by atoms with Crippen molar-refractivity contribution in [2.24, 2.45) is 0 Å². The van der Waals surface area contributed by atoms with Crippen LogP contribution in [-0.4, -0.2) is 39.9 Å². The van der Waals surface area contributed by atoms with E-state index in [0.29, 0.717) is 29.8 Å². The Bertz CT molecular complexity index is 1000. The van der Waals surface area contributed by atoms with Gasteiger partial charge in [0, 0.05) is 6.42 Å². The van der Waals surface area contributed by atoms with Crippen molar-refractivity contribution in [3.05, 3.63) is 53.6 Å². The molecule has 0 radical (unpaired) electrons. The predicted octanol–water partition coefficient (Wildman–Crippen LogP) is 2.64. The summed E-state index contributed by atoms with van der Waals surface area (Å²) in [6.07, 6.45) is 0.768. The topological polar surface area (TPSA) is 89.9 Å². The average Bonchev–Trinajstić information content (AvgIpc) is 2.97. The molecular formula is C21H21N3O4. The molecule has 3 amide bonds. The number of carbonyl (C=O) groups is 3. The Morgan fingerprint density at radius 2 is 1.96 bits per heavy atom. The van der Waals surface area contributed by atoms with E-state index in [2.05, 4.69) is 5.32 Å². The summed E-state index contributed by atoms with van der Waals surface area (Å²) in [6, 6.07) is 11.9. The fourth-order valence-electron chi connectivity index (χ4n) is 4.02. The monoisotopic (exact) mass is 379 g/mol. The van der Waals surface area contributed by atoms with Gasteiger partial charge in [0.1, 0.15) is 18.0 Å². The van der Waals surface area contributed by atoms with Gasteiger partial charge in [0.2, 0.25) is 11.8 Å². The van der Waals surface area contributed by atoms with Crippen LogP contribution in [-0.2, 0) is 9.59 Å². The zero-order chi connectivity index (χ0) is 20.1. The molecule has 0 spiro atoms. The van der Waals surface area contributed by atoms with Crippen LogP contribution < -0.4 is 10.2 Å². The molecule has 7 heteroatoms. The van der Waals surface area contributed by atoms with E-state index in [4.69, 9.17) is 0 Å². The first-order chi connectivity index (χ1) is 13.3. The third-order valence-electron chi connectivity index (χ3n) is 5.47. The number of anilines is 2. The highest BCUT2D eigenvalue weighted by atomic mass is 16.3. The Hall–Kier alpha value is -3.35. The van der Waals surface area contributed by atoms with Crippen LogP contribution in [0.4, 0.5) is 11.4 Å². The first-order valence-corrected chi connectivity index (χ1v) is 9.15. The number of phenols is 1. The Morgan fingerprint density at radius 3 is 2.75 bits per heavy atom. The second-order valence-electron chi connectivity index (χ2n) is 7.42. The number of benzene rings is 2. The van der Waals surface area contributed by atoms with Crippen molar-refractivity contribution in [2.75, 3.05) is 16.8 Å². The van der Waals surface area contributed by atoms with E-state index in [9.17, 15) is 19.5 Å². The van der Waals surface area contributed by atoms with Crippen molar-refractivity contribution in [1.29, 1.82) is 0 Å². The minimum atomic E-state index is -0.894. The Balaban J connectivity index is 1.65. The van der Waals surface area contributed by atoms with Gasteiger partial charge in [-0.3, -0.25) is 19.3 Å². The molecule has 28 heavy (non-hydrogen) atoms. The van der Waals surface area contributed by atoms with Gasteiger partial charge in [0.25, 0.3) is 5.91 Å². The first kappa shape index (κ1) is 18.0. The van der Waals surface area contributed by atoms with E-state index in [1.807, 2.05) is 13.8 Å². The molecule has 7 nitrogen and oxygen atoms in total. The maximum Gasteiger partial charge on any atom is 0.258 e. The fraction of sp³-hybridized carbons (Fsp3) is 0.286. The number of hydrogen-bond acceptors (Lipinski definition) is 4. The van der Waals surface area contributed by atoms with Crippen LogP contribution in [0, 0.1) is 6.92 Å². The normalized spacial score (nSPS) is 20.8. The van der Waals surface area contributed by atoms with Gasteiger partial charge in [-0.2, -0.15) is 0 Å². The molecule has 1 unspecified atom stereocenters. The second-order valence-corrected chi connectivity index (χ2v) is 7.42. The number of fused-ring (bicyclic) bond motifs is 3. The lowest BCUT2D eigenvalue weighted by molar-refractivity contribution is -0.120. The highest BCUT2D eigenvalue weighted by Crippen LogP contribution is 2.43. The maximum absolute atomic E-state index is 13.1. The zero-order valence-electron chi connectivity index (χ0n) is 15.7. The van der Waals surface area contributed by atoms with Crippen molar-refractivity contribution >= 4 is 29.1 Å². The first-order valence-electron chi connectivity index (χ1n) is 9.15. The number of carbonyl (C=O) groups excluding carboxylic acids is 3. The van der Waals surface area contributed by atoms with E-state index in [1.165, 1.54) is 11.0 Å². The summed E-state index contributed by atoms with van der Waals surface area (Å²) in [5.74, 6) is -0.829. The summed E-state index contributed by atoms with van der Waals surface area (Å²) < 4.78 is 0. The molecular weight excluding hydrogens is 358 g/mol. The summed E-state index contributed by atoms with van der Waals surface area (Å²) >= 11 is 0. The van der Waals surface area contributed by atoms with Gasteiger partial charge in [-0.15, -0.1) is 0 Å². The van der Waals surface area contributed by atoms with E-state index in [-0.39, 0.29) is 24.1 Å². The zero-order valence-corrected chi connectivity index (χ0v) is 15.7. The largest absolute Gasteiger partial charge is 0.506 e. The summed E-state index contributed by atoms with van der Waals surface area (Å²) in [5, 5.41) is 12.6. The smallest absolute Gasteiger partial charge is 0.258 e. The molecule has 0 aliphatic carbocycles. The number of hydrogen-bond donors (Lipinski definition) is 2. The lowest BCUT2D eigenvalue weighted by Crippen LogP contribution is -2.63. The molecule has 2 aliphatic rings. The number of phenolic OH excluding ortho intramolecular Hbond substituents is 1. The third-order valence-corrected chi connectivity index (χ3v) is 5.47. The highest BCUT2D eigenvalue weighted by Gasteiger charge is 2.53. The van der Waals surface area contributed by atoms with Crippen molar-refractivity contribution < 1.29 is 19.5 Å². The molecule has 0 aromatic heterocycles. The summed E-state index contributed by atoms with van der Waals surface area (Å²) in [6.45, 7) is 3.44. The molecule has 1 atom stereocenters. The van der Waals surface area contributed by atoms with Crippen LogP contribution in [0.25, 0.3) is 0 Å². The third kappa shape index (κ3) is 2.70. The van der Waals surface area contributed by atoms with Crippen molar-refractivity contribution in [3.8, 4) is 5.75 Å². The van der Waals surface area contributed by atoms with Crippen molar-refractivity contribution in [1.82, 2.24) is 4.90 Å². The van der Waals surface area contributed by atoms with Gasteiger partial charge in [-0.25, -0.2) is 0 Å². The molecule has 144 valence electrons. The standard InChI is InChI=1S/C21H21N3O4/c1-13-7-8-17(25)15(11-13)22-18(26)12-23-20(28)14-5-3-4-6-16(14)24-19(27)9-10-21(23,24)2/h3-8,11,25H,9-10,12H2,1-2H3,(H,22,26). The molecule has 2 N–H and O–H groups in total. The molecule has 1 fully saturated rings. The van der Waals surface area contributed by atoms with E-state index >= 15 is 0 Å². The van der Waals surface area contributed by atoms with Crippen LogP contribution in [0.1, 0.15) is 35.7 Å². The van der Waals surface area contributed by atoms with Crippen LogP contribution >= 0.6 is 0 Å². The van der Waals surface area contributed by atoms with Gasteiger partial charge >= 0.3 is 0 Å². The number of rotatable bonds is 3. The number of nitrogens with zero attached hydrogens (tertiary/aromatic N) is 2. The van der Waals surface area contributed by atoms with Crippen LogP contribution in [0.5, 0.6) is 5.75 Å². The molecule has 0 saturated carbocycles. The molecule has 1 saturated heterocycles. The highest BCUT2D eigenvalue weighted by molar-refractivity contribution is 6.11. The lowest BCUT2D eigenvalue weighted by atomic mass is 9.98. The molecule has 2 heterocycles. The van der Waals surface area contributed by atoms with Gasteiger partial charge in [0.15, 0.2) is 0 Å². The maximum atomic E-state index is 13.1. The molecule has 2 aromatic rings. The number of aromatic hydroxyl groups is 1. The molecule has 2 aliphatic heterocycles. The van der Waals surface area contributed by atoms with E-state index in [1.54, 1.807) is 41.3 Å². The summed E-state index contributed by atoms with van der Waals surface area (Å²) in [5.41, 5.74) is 1.27. The Morgan fingerprint density at radius 1 is 1.21 bits per heavy atom. The Labute approximate surface area is 162 Å². The minimum absolute atomic E-state index is 0.0434. The quantitative estimate of drug-likeness (QED) is 0.803. The minimum Gasteiger partial charge on any atom is -0.506 e.